The number of nitrogens with one attached hydrogen (secondary N) is 2. The largest absolute Gasteiger partial charge is 0.384 e. The number of aliphatic hydroxyl groups is 1. The van der Waals surface area contributed by atoms with Gasteiger partial charge < -0.3 is 5.11 Å². The van der Waals surface area contributed by atoms with Crippen molar-refractivity contribution in [3.8, 4) is 11.8 Å². The van der Waals surface area contributed by atoms with Gasteiger partial charge in [-0.15, -0.1) is 0 Å². The van der Waals surface area contributed by atoms with Gasteiger partial charge in [-0.1, -0.05) is 11.8 Å². The lowest BCUT2D eigenvalue weighted by molar-refractivity contribution is 0.350. The standard InChI is InChI=1S/C12H10FN3O3S/c13-12-6-10(4-3-9(12)2-1-5-17)16-20(18,19)11-7-14-15-8-11/h3-4,6-8,16-17H,5H2,(H,14,15). The van der Waals surface area contributed by atoms with E-state index in [0.29, 0.717) is 0 Å². The summed E-state index contributed by atoms with van der Waals surface area (Å²) in [7, 11) is -3.80. The Bertz CT molecular complexity index is 761. The van der Waals surface area contributed by atoms with Crippen molar-refractivity contribution in [2.45, 2.75) is 4.90 Å². The highest BCUT2D eigenvalue weighted by molar-refractivity contribution is 7.92. The second-order valence-electron chi connectivity index (χ2n) is 3.69. The number of hydrogen-bond acceptors (Lipinski definition) is 4. The molecule has 3 N–H and O–H groups in total. The third kappa shape index (κ3) is 3.14. The zero-order chi connectivity index (χ0) is 14.6. The average Bonchev–Trinajstić information content (AvgIpc) is 2.92. The summed E-state index contributed by atoms with van der Waals surface area (Å²) in [5.74, 6) is 4.04. The van der Waals surface area contributed by atoms with Crippen molar-refractivity contribution in [2.75, 3.05) is 11.3 Å². The first-order chi connectivity index (χ1) is 9.53. The van der Waals surface area contributed by atoms with Crippen LogP contribution < -0.4 is 4.72 Å². The summed E-state index contributed by atoms with van der Waals surface area (Å²) in [5, 5.41) is 14.5. The first-order valence-corrected chi connectivity index (χ1v) is 6.92. The van der Waals surface area contributed by atoms with Crippen molar-refractivity contribution in [3.63, 3.8) is 0 Å². The van der Waals surface area contributed by atoms with Crippen LogP contribution in [0.15, 0.2) is 35.5 Å². The Morgan fingerprint density at radius 1 is 1.45 bits per heavy atom. The zero-order valence-electron chi connectivity index (χ0n) is 10.1. The van der Waals surface area contributed by atoms with E-state index in [1.165, 1.54) is 18.3 Å². The molecule has 1 aromatic carbocycles. The normalized spacial score (nSPS) is 10.7. The van der Waals surface area contributed by atoms with Gasteiger partial charge in [0.15, 0.2) is 0 Å². The maximum absolute atomic E-state index is 13.7. The number of rotatable bonds is 3. The molecule has 0 amide bonds. The summed E-state index contributed by atoms with van der Waals surface area (Å²) in [5.41, 5.74) is 0.142. The number of aromatic nitrogens is 2. The molecule has 2 aromatic rings. The molecule has 104 valence electrons. The maximum atomic E-state index is 13.7. The van der Waals surface area contributed by atoms with E-state index >= 15 is 0 Å². The highest BCUT2D eigenvalue weighted by atomic mass is 32.2. The van der Waals surface area contributed by atoms with Crippen molar-refractivity contribution in [2.24, 2.45) is 0 Å². The van der Waals surface area contributed by atoms with Crippen LogP contribution in [0, 0.1) is 17.7 Å². The Morgan fingerprint density at radius 2 is 2.25 bits per heavy atom. The van der Waals surface area contributed by atoms with E-state index < -0.39 is 15.8 Å². The number of sulfonamides is 1. The fraction of sp³-hybridized carbons (Fsp3) is 0.0833. The monoisotopic (exact) mass is 295 g/mol. The number of benzene rings is 1. The predicted octanol–water partition coefficient (Wildman–Crippen LogP) is 0.693. The molecule has 6 nitrogen and oxygen atoms in total. The van der Waals surface area contributed by atoms with Crippen LogP contribution in [-0.4, -0.2) is 30.3 Å². The molecule has 0 spiro atoms. The number of H-pyrrole nitrogens is 1. The molecule has 8 heteroatoms. The van der Waals surface area contributed by atoms with E-state index in [0.717, 1.165) is 12.3 Å². The molecule has 0 unspecified atom stereocenters. The first kappa shape index (κ1) is 14.0. The van der Waals surface area contributed by atoms with Crippen LogP contribution in [-0.2, 0) is 10.0 Å². The smallest absolute Gasteiger partial charge is 0.265 e. The molecule has 0 atom stereocenters. The highest BCUT2D eigenvalue weighted by Gasteiger charge is 2.15. The summed E-state index contributed by atoms with van der Waals surface area (Å²) in [4.78, 5) is -0.0537. The fourth-order valence-corrected chi connectivity index (χ4v) is 2.37. The first-order valence-electron chi connectivity index (χ1n) is 5.44. The molecular weight excluding hydrogens is 285 g/mol. The predicted molar refractivity (Wildman–Crippen MR) is 69.8 cm³/mol. The third-order valence-corrected chi connectivity index (χ3v) is 3.66. The van der Waals surface area contributed by atoms with Crippen molar-refractivity contribution in [1.82, 2.24) is 10.2 Å². The van der Waals surface area contributed by atoms with Crippen LogP contribution in [0.4, 0.5) is 10.1 Å². The minimum atomic E-state index is -3.80. The van der Waals surface area contributed by atoms with Crippen molar-refractivity contribution in [1.29, 1.82) is 0 Å². The van der Waals surface area contributed by atoms with E-state index in [1.807, 2.05) is 0 Å². The molecule has 20 heavy (non-hydrogen) atoms. The topological polar surface area (TPSA) is 95.1 Å². The van der Waals surface area contributed by atoms with E-state index in [9.17, 15) is 12.8 Å². The Hall–Kier alpha value is -2.37. The van der Waals surface area contributed by atoms with Crippen LogP contribution in [0.25, 0.3) is 0 Å². The van der Waals surface area contributed by atoms with Gasteiger partial charge in [0.05, 0.1) is 17.4 Å². The number of aromatic amines is 1. The van der Waals surface area contributed by atoms with Crippen molar-refractivity contribution < 1.29 is 17.9 Å². The minimum absolute atomic E-state index is 0.0537. The van der Waals surface area contributed by atoms with Gasteiger partial charge in [-0.05, 0) is 18.2 Å². The number of nitrogens with zero attached hydrogens (tertiary/aromatic N) is 1. The summed E-state index contributed by atoms with van der Waals surface area (Å²) < 4.78 is 39.6. The van der Waals surface area contributed by atoms with E-state index in [1.54, 1.807) is 0 Å². The van der Waals surface area contributed by atoms with Crippen LogP contribution in [0.5, 0.6) is 0 Å². The maximum Gasteiger partial charge on any atom is 0.265 e. The van der Waals surface area contributed by atoms with E-state index in [-0.39, 0.29) is 22.8 Å². The minimum Gasteiger partial charge on any atom is -0.384 e. The number of hydrogen-bond donors (Lipinski definition) is 3. The number of aliphatic hydroxyl groups excluding tert-OH is 1. The molecule has 0 saturated carbocycles. The quantitative estimate of drug-likeness (QED) is 0.726. The van der Waals surface area contributed by atoms with Gasteiger partial charge in [-0.2, -0.15) is 5.10 Å². The van der Waals surface area contributed by atoms with Crippen molar-refractivity contribution >= 4 is 15.7 Å². The van der Waals surface area contributed by atoms with Crippen LogP contribution in [0.2, 0.25) is 0 Å². The molecule has 0 aliphatic carbocycles. The van der Waals surface area contributed by atoms with Crippen LogP contribution in [0.3, 0.4) is 0 Å². The van der Waals surface area contributed by atoms with Gasteiger partial charge in [-0.3, -0.25) is 9.82 Å². The second kappa shape index (κ2) is 5.73. The Balaban J connectivity index is 2.25. The van der Waals surface area contributed by atoms with Gasteiger partial charge in [-0.25, -0.2) is 12.8 Å². The Labute approximate surface area is 114 Å². The van der Waals surface area contributed by atoms with Gasteiger partial charge in [0.2, 0.25) is 0 Å². The molecule has 0 fully saturated rings. The van der Waals surface area contributed by atoms with Crippen LogP contribution >= 0.6 is 0 Å². The second-order valence-corrected chi connectivity index (χ2v) is 5.38. The molecule has 1 aromatic heterocycles. The van der Waals surface area contributed by atoms with E-state index in [2.05, 4.69) is 26.8 Å². The summed E-state index contributed by atoms with van der Waals surface area (Å²) in [6.07, 6.45) is 2.35. The molecular formula is C12H10FN3O3S. The molecule has 0 radical (unpaired) electrons. The summed E-state index contributed by atoms with van der Waals surface area (Å²) in [6, 6.07) is 3.71. The molecule has 1 heterocycles. The highest BCUT2D eigenvalue weighted by Crippen LogP contribution is 2.17. The van der Waals surface area contributed by atoms with Crippen LogP contribution in [0.1, 0.15) is 5.56 Å². The lowest BCUT2D eigenvalue weighted by atomic mass is 10.2. The average molecular weight is 295 g/mol. The van der Waals surface area contributed by atoms with Gasteiger partial charge in [0, 0.05) is 6.20 Å². The summed E-state index contributed by atoms with van der Waals surface area (Å²) in [6.45, 7) is -0.381. The molecule has 0 aliphatic heterocycles. The molecule has 2 rings (SSSR count). The van der Waals surface area contributed by atoms with Gasteiger partial charge in [0.25, 0.3) is 10.0 Å². The number of halogens is 1. The third-order valence-electron chi connectivity index (χ3n) is 2.31. The number of anilines is 1. The summed E-state index contributed by atoms with van der Waals surface area (Å²) >= 11 is 0. The lowest BCUT2D eigenvalue weighted by Crippen LogP contribution is -2.12. The lowest BCUT2D eigenvalue weighted by Gasteiger charge is -2.06. The Morgan fingerprint density at radius 3 is 2.85 bits per heavy atom. The van der Waals surface area contributed by atoms with E-state index in [4.69, 9.17) is 5.11 Å². The molecule has 0 saturated heterocycles. The zero-order valence-corrected chi connectivity index (χ0v) is 10.9. The fourth-order valence-electron chi connectivity index (χ4n) is 1.41. The van der Waals surface area contributed by atoms with Gasteiger partial charge >= 0.3 is 0 Å². The Kier molecular flexibility index (Phi) is 4.02. The molecule has 0 aliphatic rings. The SMILES string of the molecule is O=S(=O)(Nc1ccc(C#CCO)c(F)c1)c1cn[nH]c1. The molecule has 0 bridgehead atoms. The van der Waals surface area contributed by atoms with Crippen molar-refractivity contribution in [3.05, 3.63) is 42.0 Å². The van der Waals surface area contributed by atoms with Gasteiger partial charge in [0.1, 0.15) is 17.3 Å².